The lowest BCUT2D eigenvalue weighted by Gasteiger charge is -2.43. The monoisotopic (exact) mass is 203 g/mol. The molecule has 0 amide bonds. The lowest BCUT2D eigenvalue weighted by Crippen LogP contribution is -2.53. The SMILES string of the molecule is CN1CCC(C(=O)O)(C(C)(C)F)CC1. The lowest BCUT2D eigenvalue weighted by molar-refractivity contribution is -0.163. The van der Waals surface area contributed by atoms with Gasteiger partial charge in [-0.25, -0.2) is 4.39 Å². The summed E-state index contributed by atoms with van der Waals surface area (Å²) in [6, 6.07) is 0. The predicted molar refractivity (Wildman–Crippen MR) is 52.0 cm³/mol. The standard InChI is InChI=1S/C10H18FNO2/c1-9(2,11)10(8(13)14)4-6-12(3)7-5-10/h4-7H2,1-3H3,(H,13,14). The van der Waals surface area contributed by atoms with E-state index < -0.39 is 17.1 Å². The zero-order valence-corrected chi connectivity index (χ0v) is 9.01. The second-order valence-corrected chi connectivity index (χ2v) is 4.66. The molecule has 1 rings (SSSR count). The van der Waals surface area contributed by atoms with E-state index >= 15 is 0 Å². The van der Waals surface area contributed by atoms with Gasteiger partial charge in [-0.3, -0.25) is 4.79 Å². The molecule has 0 unspecified atom stereocenters. The summed E-state index contributed by atoms with van der Waals surface area (Å²) in [4.78, 5) is 13.2. The number of likely N-dealkylation sites (tertiary alicyclic amines) is 1. The van der Waals surface area contributed by atoms with Gasteiger partial charge in [0.1, 0.15) is 11.1 Å². The summed E-state index contributed by atoms with van der Waals surface area (Å²) < 4.78 is 13.9. The summed E-state index contributed by atoms with van der Waals surface area (Å²) in [5.41, 5.74) is -2.85. The summed E-state index contributed by atoms with van der Waals surface area (Å²) >= 11 is 0. The molecule has 0 atom stereocenters. The molecule has 0 aromatic heterocycles. The number of carboxylic acid groups (broad SMARTS) is 1. The highest BCUT2D eigenvalue weighted by atomic mass is 19.1. The van der Waals surface area contributed by atoms with Crippen LogP contribution in [0.3, 0.4) is 0 Å². The van der Waals surface area contributed by atoms with Gasteiger partial charge < -0.3 is 10.0 Å². The fourth-order valence-corrected chi connectivity index (χ4v) is 2.06. The minimum atomic E-state index is -1.65. The smallest absolute Gasteiger partial charge is 0.312 e. The average molecular weight is 203 g/mol. The quantitative estimate of drug-likeness (QED) is 0.740. The molecule has 3 nitrogen and oxygen atoms in total. The molecule has 82 valence electrons. The first kappa shape index (κ1) is 11.4. The number of piperidine rings is 1. The van der Waals surface area contributed by atoms with Gasteiger partial charge in [0.25, 0.3) is 0 Å². The number of halogens is 1. The number of hydrogen-bond donors (Lipinski definition) is 1. The van der Waals surface area contributed by atoms with E-state index in [0.29, 0.717) is 25.9 Å². The van der Waals surface area contributed by atoms with Crippen molar-refractivity contribution in [3.05, 3.63) is 0 Å². The molecule has 0 radical (unpaired) electrons. The number of carbonyl (C=O) groups is 1. The summed E-state index contributed by atoms with van der Waals surface area (Å²) in [6.07, 6.45) is 0.782. The van der Waals surface area contributed by atoms with E-state index in [2.05, 4.69) is 0 Å². The van der Waals surface area contributed by atoms with E-state index in [4.69, 9.17) is 5.11 Å². The summed E-state index contributed by atoms with van der Waals surface area (Å²) in [7, 11) is 1.93. The van der Waals surface area contributed by atoms with Crippen molar-refractivity contribution < 1.29 is 14.3 Å². The first-order chi connectivity index (χ1) is 6.29. The molecule has 1 N–H and O–H groups in total. The van der Waals surface area contributed by atoms with Gasteiger partial charge in [0.05, 0.1) is 0 Å². The van der Waals surface area contributed by atoms with Gasteiger partial charge in [-0.15, -0.1) is 0 Å². The average Bonchev–Trinajstić information content (AvgIpc) is 2.02. The van der Waals surface area contributed by atoms with Crippen molar-refractivity contribution in [1.82, 2.24) is 4.90 Å². The van der Waals surface area contributed by atoms with Crippen molar-refractivity contribution in [3.63, 3.8) is 0 Å². The zero-order valence-electron chi connectivity index (χ0n) is 9.01. The Balaban J connectivity index is 2.90. The minimum Gasteiger partial charge on any atom is -0.481 e. The number of nitrogens with zero attached hydrogens (tertiary/aromatic N) is 1. The predicted octanol–water partition coefficient (Wildman–Crippen LogP) is 1.53. The third-order valence-corrected chi connectivity index (χ3v) is 3.39. The Bertz CT molecular complexity index is 227. The van der Waals surface area contributed by atoms with Crippen LogP contribution in [0.25, 0.3) is 0 Å². The Morgan fingerprint density at radius 2 is 1.86 bits per heavy atom. The highest BCUT2D eigenvalue weighted by Gasteiger charge is 2.53. The molecule has 14 heavy (non-hydrogen) atoms. The van der Waals surface area contributed by atoms with Crippen molar-refractivity contribution in [2.75, 3.05) is 20.1 Å². The highest BCUT2D eigenvalue weighted by Crippen LogP contribution is 2.43. The summed E-state index contributed by atoms with van der Waals surface area (Å²) in [5, 5.41) is 9.15. The van der Waals surface area contributed by atoms with E-state index in [-0.39, 0.29) is 0 Å². The molecule has 4 heteroatoms. The second-order valence-electron chi connectivity index (χ2n) is 4.66. The molecule has 1 aliphatic rings. The van der Waals surface area contributed by atoms with Crippen LogP contribution in [0.1, 0.15) is 26.7 Å². The van der Waals surface area contributed by atoms with Crippen LogP contribution in [0.2, 0.25) is 0 Å². The maximum atomic E-state index is 13.9. The van der Waals surface area contributed by atoms with E-state index in [9.17, 15) is 9.18 Å². The molecule has 0 aromatic rings. The third kappa shape index (κ3) is 1.75. The minimum absolute atomic E-state index is 0.391. The number of alkyl halides is 1. The van der Waals surface area contributed by atoms with Crippen LogP contribution in [-0.4, -0.2) is 41.8 Å². The van der Waals surface area contributed by atoms with E-state index in [1.54, 1.807) is 0 Å². The normalized spacial score (nSPS) is 23.4. The molecular formula is C10H18FNO2. The van der Waals surface area contributed by atoms with Gasteiger partial charge in [-0.1, -0.05) is 0 Å². The van der Waals surface area contributed by atoms with Gasteiger partial charge in [-0.05, 0) is 46.8 Å². The van der Waals surface area contributed by atoms with E-state index in [1.807, 2.05) is 11.9 Å². The van der Waals surface area contributed by atoms with Gasteiger partial charge >= 0.3 is 5.97 Å². The van der Waals surface area contributed by atoms with Crippen molar-refractivity contribution in [2.45, 2.75) is 32.4 Å². The Labute approximate surface area is 83.9 Å². The Kier molecular flexibility index (Phi) is 2.86. The largest absolute Gasteiger partial charge is 0.481 e. The second kappa shape index (κ2) is 3.50. The maximum absolute atomic E-state index is 13.9. The Morgan fingerprint density at radius 3 is 2.14 bits per heavy atom. The van der Waals surface area contributed by atoms with Crippen LogP contribution in [0.4, 0.5) is 4.39 Å². The number of hydrogen-bond acceptors (Lipinski definition) is 2. The molecule has 0 saturated carbocycles. The molecule has 1 fully saturated rings. The van der Waals surface area contributed by atoms with Crippen molar-refractivity contribution in [1.29, 1.82) is 0 Å². The summed E-state index contributed by atoms with van der Waals surface area (Å²) in [6.45, 7) is 4.04. The van der Waals surface area contributed by atoms with Crippen molar-refractivity contribution >= 4 is 5.97 Å². The van der Waals surface area contributed by atoms with E-state index in [1.165, 1.54) is 13.8 Å². The number of rotatable bonds is 2. The highest BCUT2D eigenvalue weighted by molar-refractivity contribution is 5.76. The fourth-order valence-electron chi connectivity index (χ4n) is 2.06. The van der Waals surface area contributed by atoms with Gasteiger partial charge in [0.2, 0.25) is 0 Å². The lowest BCUT2D eigenvalue weighted by atomic mass is 9.68. The Hall–Kier alpha value is -0.640. The van der Waals surface area contributed by atoms with Crippen molar-refractivity contribution in [3.8, 4) is 0 Å². The molecule has 0 spiro atoms. The fraction of sp³-hybridized carbons (Fsp3) is 0.900. The van der Waals surface area contributed by atoms with Crippen LogP contribution in [0, 0.1) is 5.41 Å². The molecule has 0 bridgehead atoms. The first-order valence-corrected chi connectivity index (χ1v) is 4.90. The van der Waals surface area contributed by atoms with Crippen LogP contribution >= 0.6 is 0 Å². The first-order valence-electron chi connectivity index (χ1n) is 4.90. The van der Waals surface area contributed by atoms with Crippen LogP contribution in [0.5, 0.6) is 0 Å². The van der Waals surface area contributed by atoms with Crippen LogP contribution < -0.4 is 0 Å². The third-order valence-electron chi connectivity index (χ3n) is 3.39. The molecular weight excluding hydrogens is 185 g/mol. The topological polar surface area (TPSA) is 40.5 Å². The van der Waals surface area contributed by atoms with E-state index in [0.717, 1.165) is 0 Å². The van der Waals surface area contributed by atoms with Crippen LogP contribution in [-0.2, 0) is 4.79 Å². The maximum Gasteiger partial charge on any atom is 0.312 e. The van der Waals surface area contributed by atoms with Gasteiger partial charge in [-0.2, -0.15) is 0 Å². The molecule has 0 aromatic carbocycles. The molecule has 1 saturated heterocycles. The van der Waals surface area contributed by atoms with Gasteiger partial charge in [0.15, 0.2) is 0 Å². The number of carboxylic acids is 1. The Morgan fingerprint density at radius 1 is 1.43 bits per heavy atom. The molecule has 1 heterocycles. The molecule has 1 aliphatic heterocycles. The number of aliphatic carboxylic acids is 1. The van der Waals surface area contributed by atoms with Gasteiger partial charge in [0, 0.05) is 0 Å². The molecule has 0 aliphatic carbocycles. The van der Waals surface area contributed by atoms with Crippen molar-refractivity contribution in [2.24, 2.45) is 5.41 Å². The summed E-state index contributed by atoms with van der Waals surface area (Å²) in [5.74, 6) is -1.00. The van der Waals surface area contributed by atoms with Crippen LogP contribution in [0.15, 0.2) is 0 Å². The zero-order chi connectivity index (χ0) is 11.0.